The summed E-state index contributed by atoms with van der Waals surface area (Å²) in [5.74, 6) is 0. The van der Waals surface area contributed by atoms with Gasteiger partial charge in [0, 0.05) is 11.8 Å². The Labute approximate surface area is 113 Å². The summed E-state index contributed by atoms with van der Waals surface area (Å²) in [5.41, 5.74) is 6.01. The summed E-state index contributed by atoms with van der Waals surface area (Å²) >= 11 is 0. The van der Waals surface area contributed by atoms with Crippen LogP contribution in [0.15, 0.2) is 72.9 Å². The van der Waals surface area contributed by atoms with Gasteiger partial charge in [-0.3, -0.25) is 4.98 Å². The van der Waals surface area contributed by atoms with Gasteiger partial charge in [0.2, 0.25) is 0 Å². The van der Waals surface area contributed by atoms with Crippen molar-refractivity contribution in [2.75, 3.05) is 0 Å². The van der Waals surface area contributed by atoms with Gasteiger partial charge < -0.3 is 0 Å². The molecule has 19 heavy (non-hydrogen) atoms. The van der Waals surface area contributed by atoms with E-state index < -0.39 is 0 Å². The van der Waals surface area contributed by atoms with Crippen LogP contribution in [0.4, 0.5) is 0 Å². The van der Waals surface area contributed by atoms with Gasteiger partial charge in [0.25, 0.3) is 0 Å². The SMILES string of the molecule is Cc1c(-c2ccccc2)cccc1-c1ccccn1. The molecule has 0 radical (unpaired) electrons. The number of benzene rings is 2. The highest BCUT2D eigenvalue weighted by Crippen LogP contribution is 2.30. The van der Waals surface area contributed by atoms with Crippen LogP contribution in [-0.2, 0) is 0 Å². The standard InChI is InChI=1S/C18H15N/c1-14-16(15-8-3-2-4-9-15)10-7-11-17(14)18-12-5-6-13-19-18/h2-13H,1H3. The molecule has 1 heterocycles. The van der Waals surface area contributed by atoms with Crippen molar-refractivity contribution in [3.63, 3.8) is 0 Å². The Kier molecular flexibility index (Phi) is 3.11. The van der Waals surface area contributed by atoms with E-state index in [1.165, 1.54) is 22.3 Å². The largest absolute Gasteiger partial charge is 0.256 e. The third-order valence-corrected chi connectivity index (χ3v) is 3.36. The van der Waals surface area contributed by atoms with Crippen molar-refractivity contribution in [2.45, 2.75) is 6.92 Å². The van der Waals surface area contributed by atoms with Crippen molar-refractivity contribution >= 4 is 0 Å². The molecule has 0 bridgehead atoms. The highest BCUT2D eigenvalue weighted by Gasteiger charge is 2.07. The van der Waals surface area contributed by atoms with Gasteiger partial charge in [-0.15, -0.1) is 0 Å². The lowest BCUT2D eigenvalue weighted by atomic mass is 9.95. The topological polar surface area (TPSA) is 12.9 Å². The molecule has 3 rings (SSSR count). The van der Waals surface area contributed by atoms with Crippen LogP contribution >= 0.6 is 0 Å². The van der Waals surface area contributed by atoms with Gasteiger partial charge in [0.05, 0.1) is 5.69 Å². The monoisotopic (exact) mass is 245 g/mol. The third kappa shape index (κ3) is 2.27. The highest BCUT2D eigenvalue weighted by atomic mass is 14.7. The normalized spacial score (nSPS) is 10.4. The molecule has 0 spiro atoms. The van der Waals surface area contributed by atoms with Crippen LogP contribution in [0.5, 0.6) is 0 Å². The molecular weight excluding hydrogens is 230 g/mol. The summed E-state index contributed by atoms with van der Waals surface area (Å²) in [6, 6.07) is 22.9. The zero-order valence-corrected chi connectivity index (χ0v) is 10.9. The van der Waals surface area contributed by atoms with Gasteiger partial charge in [-0.1, -0.05) is 54.6 Å². The molecule has 92 valence electrons. The molecule has 0 N–H and O–H groups in total. The van der Waals surface area contributed by atoms with E-state index in [9.17, 15) is 0 Å². The lowest BCUT2D eigenvalue weighted by molar-refractivity contribution is 1.31. The minimum atomic E-state index is 1.03. The first-order valence-electron chi connectivity index (χ1n) is 6.43. The summed E-state index contributed by atoms with van der Waals surface area (Å²) in [7, 11) is 0. The molecule has 1 nitrogen and oxygen atoms in total. The fourth-order valence-corrected chi connectivity index (χ4v) is 2.37. The molecule has 0 fully saturated rings. The maximum absolute atomic E-state index is 4.44. The van der Waals surface area contributed by atoms with Gasteiger partial charge >= 0.3 is 0 Å². The molecule has 0 aliphatic rings. The molecule has 0 saturated heterocycles. The van der Waals surface area contributed by atoms with E-state index in [4.69, 9.17) is 0 Å². The van der Waals surface area contributed by atoms with Crippen molar-refractivity contribution in [2.24, 2.45) is 0 Å². The van der Waals surface area contributed by atoms with E-state index in [-0.39, 0.29) is 0 Å². The van der Waals surface area contributed by atoms with E-state index in [0.29, 0.717) is 0 Å². The number of aromatic nitrogens is 1. The smallest absolute Gasteiger partial charge is 0.0704 e. The molecule has 0 amide bonds. The van der Waals surface area contributed by atoms with Crippen LogP contribution in [0.1, 0.15) is 5.56 Å². The minimum absolute atomic E-state index is 1.03. The average molecular weight is 245 g/mol. The number of hydrogen-bond donors (Lipinski definition) is 0. The van der Waals surface area contributed by atoms with E-state index in [0.717, 1.165) is 5.69 Å². The molecule has 3 aromatic rings. The van der Waals surface area contributed by atoms with Gasteiger partial charge in [0.1, 0.15) is 0 Å². The van der Waals surface area contributed by atoms with Gasteiger partial charge in [-0.05, 0) is 35.7 Å². The molecule has 0 aliphatic heterocycles. The average Bonchev–Trinajstić information content (AvgIpc) is 2.49. The number of rotatable bonds is 2. The highest BCUT2D eigenvalue weighted by molar-refractivity contribution is 5.76. The number of hydrogen-bond acceptors (Lipinski definition) is 1. The summed E-state index contributed by atoms with van der Waals surface area (Å²) in [5, 5.41) is 0. The Morgan fingerprint density at radius 3 is 2.16 bits per heavy atom. The second kappa shape index (κ2) is 5.07. The Balaban J connectivity index is 2.15. The molecule has 0 atom stereocenters. The first kappa shape index (κ1) is 11.7. The Bertz CT molecular complexity index is 615. The summed E-state index contributed by atoms with van der Waals surface area (Å²) < 4.78 is 0. The fraction of sp³-hybridized carbons (Fsp3) is 0.0556. The van der Waals surface area contributed by atoms with Crippen LogP contribution in [0.2, 0.25) is 0 Å². The first-order valence-corrected chi connectivity index (χ1v) is 6.43. The lowest BCUT2D eigenvalue weighted by Gasteiger charge is -2.11. The summed E-state index contributed by atoms with van der Waals surface area (Å²) in [6.07, 6.45) is 1.84. The predicted molar refractivity (Wildman–Crippen MR) is 79.8 cm³/mol. The Morgan fingerprint density at radius 2 is 1.42 bits per heavy atom. The minimum Gasteiger partial charge on any atom is -0.256 e. The van der Waals surface area contributed by atoms with E-state index in [1.807, 2.05) is 24.4 Å². The molecule has 0 saturated carbocycles. The van der Waals surface area contributed by atoms with Crippen molar-refractivity contribution in [1.29, 1.82) is 0 Å². The van der Waals surface area contributed by atoms with E-state index in [2.05, 4.69) is 60.4 Å². The number of nitrogens with zero attached hydrogens (tertiary/aromatic N) is 1. The van der Waals surface area contributed by atoms with E-state index in [1.54, 1.807) is 0 Å². The van der Waals surface area contributed by atoms with Crippen molar-refractivity contribution in [3.05, 3.63) is 78.5 Å². The van der Waals surface area contributed by atoms with Crippen molar-refractivity contribution < 1.29 is 0 Å². The molecule has 0 unspecified atom stereocenters. The molecular formula is C18H15N. The van der Waals surface area contributed by atoms with Crippen LogP contribution in [0.3, 0.4) is 0 Å². The van der Waals surface area contributed by atoms with Crippen LogP contribution in [0, 0.1) is 6.92 Å². The summed E-state index contributed by atoms with van der Waals surface area (Å²) in [4.78, 5) is 4.44. The lowest BCUT2D eigenvalue weighted by Crippen LogP contribution is -1.89. The second-order valence-corrected chi connectivity index (χ2v) is 4.56. The van der Waals surface area contributed by atoms with Crippen molar-refractivity contribution in [1.82, 2.24) is 4.98 Å². The zero-order chi connectivity index (χ0) is 13.1. The number of pyridine rings is 1. The molecule has 2 aromatic carbocycles. The molecule has 1 aromatic heterocycles. The van der Waals surface area contributed by atoms with Crippen LogP contribution < -0.4 is 0 Å². The van der Waals surface area contributed by atoms with E-state index >= 15 is 0 Å². The van der Waals surface area contributed by atoms with Gasteiger partial charge in [0.15, 0.2) is 0 Å². The zero-order valence-electron chi connectivity index (χ0n) is 10.9. The maximum atomic E-state index is 4.44. The fourth-order valence-electron chi connectivity index (χ4n) is 2.37. The van der Waals surface area contributed by atoms with Crippen LogP contribution in [-0.4, -0.2) is 4.98 Å². The second-order valence-electron chi connectivity index (χ2n) is 4.56. The van der Waals surface area contributed by atoms with Gasteiger partial charge in [-0.2, -0.15) is 0 Å². The third-order valence-electron chi connectivity index (χ3n) is 3.36. The Morgan fingerprint density at radius 1 is 0.684 bits per heavy atom. The predicted octanol–water partition coefficient (Wildman–Crippen LogP) is 4.72. The first-order chi connectivity index (χ1) is 9.36. The van der Waals surface area contributed by atoms with Crippen LogP contribution in [0.25, 0.3) is 22.4 Å². The maximum Gasteiger partial charge on any atom is 0.0704 e. The van der Waals surface area contributed by atoms with Crippen molar-refractivity contribution in [3.8, 4) is 22.4 Å². The Hall–Kier alpha value is -2.41. The molecule has 1 heteroatoms. The molecule has 0 aliphatic carbocycles. The quantitative estimate of drug-likeness (QED) is 0.636. The summed E-state index contributed by atoms with van der Waals surface area (Å²) in [6.45, 7) is 2.16. The van der Waals surface area contributed by atoms with Gasteiger partial charge in [-0.25, -0.2) is 0 Å².